The summed E-state index contributed by atoms with van der Waals surface area (Å²) >= 11 is 5.94. The number of ether oxygens (including phenoxy) is 1. The molecule has 1 aliphatic heterocycles. The van der Waals surface area contributed by atoms with Crippen molar-refractivity contribution in [3.63, 3.8) is 0 Å². The monoisotopic (exact) mass is 347 g/mol. The Morgan fingerprint density at radius 3 is 2.38 bits per heavy atom. The van der Waals surface area contributed by atoms with Crippen molar-refractivity contribution in [1.29, 1.82) is 0 Å². The van der Waals surface area contributed by atoms with E-state index in [-0.39, 0.29) is 5.78 Å². The molecule has 1 aromatic heterocycles. The van der Waals surface area contributed by atoms with Crippen LogP contribution in [0.15, 0.2) is 24.3 Å². The Labute approximate surface area is 146 Å². The van der Waals surface area contributed by atoms with Gasteiger partial charge in [0.25, 0.3) is 0 Å². The summed E-state index contributed by atoms with van der Waals surface area (Å²) in [4.78, 5) is 11.0. The second-order valence-corrected chi connectivity index (χ2v) is 6.72. The number of nitrogens with one attached hydrogen (secondary N) is 2. The number of aromatic amines is 1. The molecule has 1 aromatic carbocycles. The lowest BCUT2D eigenvalue weighted by molar-refractivity contribution is 0.101. The summed E-state index contributed by atoms with van der Waals surface area (Å²) in [5.74, 6) is 1.41. The van der Waals surface area contributed by atoms with Gasteiger partial charge < -0.3 is 10.1 Å². The SMILES string of the molecule is CC(=O)c1n[nH]c(C2CC2)c1Cl.Cc1ccc(OC2CNC2)cc1. The molecule has 2 N–H and O–H groups in total. The topological polar surface area (TPSA) is 67.0 Å². The maximum absolute atomic E-state index is 11.0. The molecule has 1 saturated heterocycles. The standard InChI is InChI=1S/C10H13NO.C8H9ClN2O/c1-8-2-4-9(5-3-8)12-10-6-11-7-10;1-4(12)7-6(9)8(11-10-7)5-2-3-5/h2-5,10-11H,6-7H2,1H3;5H,2-3H2,1H3,(H,10,11). The highest BCUT2D eigenvalue weighted by molar-refractivity contribution is 6.34. The highest BCUT2D eigenvalue weighted by Crippen LogP contribution is 2.42. The van der Waals surface area contributed by atoms with Crippen LogP contribution in [-0.4, -0.2) is 35.2 Å². The maximum atomic E-state index is 11.0. The average molecular weight is 348 g/mol. The first-order chi connectivity index (χ1) is 11.5. The number of ketones is 1. The van der Waals surface area contributed by atoms with E-state index in [0.717, 1.165) is 37.4 Å². The van der Waals surface area contributed by atoms with Gasteiger partial charge in [0.1, 0.15) is 17.5 Å². The number of rotatable bonds is 4. The van der Waals surface area contributed by atoms with E-state index < -0.39 is 0 Å². The quantitative estimate of drug-likeness (QED) is 0.831. The number of hydrogen-bond donors (Lipinski definition) is 2. The Kier molecular flexibility index (Phi) is 5.21. The molecule has 0 unspecified atom stereocenters. The van der Waals surface area contributed by atoms with Gasteiger partial charge in [-0.25, -0.2) is 0 Å². The molecule has 2 heterocycles. The number of aromatic nitrogens is 2. The number of carbonyl (C=O) groups excluding carboxylic acids is 1. The van der Waals surface area contributed by atoms with Gasteiger partial charge in [-0.05, 0) is 31.9 Å². The zero-order valence-corrected chi connectivity index (χ0v) is 14.7. The van der Waals surface area contributed by atoms with Crippen LogP contribution in [0, 0.1) is 6.92 Å². The van der Waals surface area contributed by atoms with Gasteiger partial charge in [0.15, 0.2) is 5.78 Å². The van der Waals surface area contributed by atoms with Gasteiger partial charge in [-0.2, -0.15) is 5.10 Å². The molecule has 0 radical (unpaired) electrons. The predicted octanol–water partition coefficient (Wildman–Crippen LogP) is 3.49. The van der Waals surface area contributed by atoms with Crippen molar-refractivity contribution in [3.8, 4) is 5.75 Å². The Balaban J connectivity index is 0.000000141. The van der Waals surface area contributed by atoms with E-state index in [0.29, 0.717) is 22.7 Å². The molecule has 6 heteroatoms. The van der Waals surface area contributed by atoms with Crippen LogP contribution in [0.2, 0.25) is 5.02 Å². The summed E-state index contributed by atoms with van der Waals surface area (Å²) in [6.07, 6.45) is 2.69. The highest BCUT2D eigenvalue weighted by Gasteiger charge is 2.29. The lowest BCUT2D eigenvalue weighted by Gasteiger charge is -2.27. The van der Waals surface area contributed by atoms with E-state index in [2.05, 4.69) is 34.6 Å². The third kappa shape index (κ3) is 4.16. The van der Waals surface area contributed by atoms with Crippen molar-refractivity contribution in [2.45, 2.75) is 38.7 Å². The Morgan fingerprint density at radius 1 is 1.25 bits per heavy atom. The first-order valence-corrected chi connectivity index (χ1v) is 8.61. The summed E-state index contributed by atoms with van der Waals surface area (Å²) < 4.78 is 5.64. The van der Waals surface area contributed by atoms with E-state index in [9.17, 15) is 4.79 Å². The minimum absolute atomic E-state index is 0.0804. The van der Waals surface area contributed by atoms with E-state index in [1.165, 1.54) is 12.5 Å². The Morgan fingerprint density at radius 2 is 1.92 bits per heavy atom. The molecule has 4 rings (SSSR count). The van der Waals surface area contributed by atoms with Crippen LogP contribution in [0.3, 0.4) is 0 Å². The second kappa shape index (κ2) is 7.36. The third-order valence-corrected chi connectivity index (χ3v) is 4.50. The number of nitrogens with zero attached hydrogens (tertiary/aromatic N) is 1. The number of halogens is 1. The van der Waals surface area contributed by atoms with Crippen molar-refractivity contribution in [2.75, 3.05) is 13.1 Å². The molecular formula is C18H22ClN3O2. The van der Waals surface area contributed by atoms with Crippen LogP contribution in [0.4, 0.5) is 0 Å². The molecule has 2 aliphatic rings. The molecule has 2 aromatic rings. The zero-order valence-electron chi connectivity index (χ0n) is 13.9. The average Bonchev–Trinajstić information content (AvgIpc) is 3.28. The molecule has 1 saturated carbocycles. The van der Waals surface area contributed by atoms with Gasteiger partial charge in [0, 0.05) is 25.9 Å². The number of hydrogen-bond acceptors (Lipinski definition) is 4. The van der Waals surface area contributed by atoms with Crippen molar-refractivity contribution in [3.05, 3.63) is 46.2 Å². The highest BCUT2D eigenvalue weighted by atomic mass is 35.5. The molecule has 128 valence electrons. The first kappa shape index (κ1) is 17.0. The van der Waals surface area contributed by atoms with Crippen LogP contribution < -0.4 is 10.1 Å². The van der Waals surface area contributed by atoms with E-state index in [1.54, 1.807) is 0 Å². The van der Waals surface area contributed by atoms with Crippen LogP contribution in [-0.2, 0) is 0 Å². The van der Waals surface area contributed by atoms with Gasteiger partial charge in [-0.3, -0.25) is 9.89 Å². The van der Waals surface area contributed by atoms with Crippen LogP contribution >= 0.6 is 11.6 Å². The van der Waals surface area contributed by atoms with Crippen LogP contribution in [0.1, 0.15) is 47.4 Å². The van der Waals surface area contributed by atoms with Crippen LogP contribution in [0.25, 0.3) is 0 Å². The predicted molar refractivity (Wildman–Crippen MR) is 94.0 cm³/mol. The summed E-state index contributed by atoms with van der Waals surface area (Å²) in [6, 6.07) is 8.18. The second-order valence-electron chi connectivity index (χ2n) is 6.34. The lowest BCUT2D eigenvalue weighted by Crippen LogP contribution is -2.50. The molecule has 1 aliphatic carbocycles. The number of Topliss-reactive ketones (excluding diaryl/α,β-unsaturated/α-hetero) is 1. The van der Waals surface area contributed by atoms with Crippen LogP contribution in [0.5, 0.6) is 5.75 Å². The summed E-state index contributed by atoms with van der Waals surface area (Å²) in [6.45, 7) is 5.51. The largest absolute Gasteiger partial charge is 0.488 e. The molecule has 0 bridgehead atoms. The number of aryl methyl sites for hydroxylation is 1. The fourth-order valence-electron chi connectivity index (χ4n) is 2.37. The van der Waals surface area contributed by atoms with Gasteiger partial charge in [0.2, 0.25) is 0 Å². The summed E-state index contributed by atoms with van der Waals surface area (Å²) in [7, 11) is 0. The lowest BCUT2D eigenvalue weighted by atomic mass is 10.2. The molecule has 0 atom stereocenters. The molecular weight excluding hydrogens is 326 g/mol. The van der Waals surface area contributed by atoms with Gasteiger partial charge >= 0.3 is 0 Å². The third-order valence-electron chi connectivity index (χ3n) is 4.12. The van der Waals surface area contributed by atoms with Crippen molar-refractivity contribution in [2.24, 2.45) is 0 Å². The zero-order chi connectivity index (χ0) is 17.1. The van der Waals surface area contributed by atoms with E-state index in [4.69, 9.17) is 16.3 Å². The van der Waals surface area contributed by atoms with Gasteiger partial charge in [-0.15, -0.1) is 0 Å². The number of benzene rings is 1. The van der Waals surface area contributed by atoms with E-state index in [1.807, 2.05) is 12.1 Å². The minimum Gasteiger partial charge on any atom is -0.488 e. The fourth-order valence-corrected chi connectivity index (χ4v) is 2.74. The molecule has 0 spiro atoms. The van der Waals surface area contributed by atoms with Crippen molar-refractivity contribution >= 4 is 17.4 Å². The van der Waals surface area contributed by atoms with Gasteiger partial charge in [-0.1, -0.05) is 29.3 Å². The van der Waals surface area contributed by atoms with Crippen molar-refractivity contribution in [1.82, 2.24) is 15.5 Å². The first-order valence-electron chi connectivity index (χ1n) is 8.23. The fraction of sp³-hybridized carbons (Fsp3) is 0.444. The Bertz CT molecular complexity index is 704. The normalized spacial score (nSPS) is 16.8. The molecule has 2 fully saturated rings. The minimum atomic E-state index is -0.0804. The number of carbonyl (C=O) groups is 1. The molecule has 0 amide bonds. The summed E-state index contributed by atoms with van der Waals surface area (Å²) in [5, 5.41) is 10.4. The molecule has 24 heavy (non-hydrogen) atoms. The van der Waals surface area contributed by atoms with Gasteiger partial charge in [0.05, 0.1) is 10.7 Å². The Hall–Kier alpha value is -1.85. The maximum Gasteiger partial charge on any atom is 0.181 e. The summed E-state index contributed by atoms with van der Waals surface area (Å²) in [5.41, 5.74) is 2.58. The smallest absolute Gasteiger partial charge is 0.181 e. The van der Waals surface area contributed by atoms with Crippen molar-refractivity contribution < 1.29 is 9.53 Å². The molecule has 5 nitrogen and oxygen atoms in total. The number of H-pyrrole nitrogens is 1. The van der Waals surface area contributed by atoms with E-state index >= 15 is 0 Å².